The summed E-state index contributed by atoms with van der Waals surface area (Å²) in [4.78, 5) is 0. The van der Waals surface area contributed by atoms with Gasteiger partial charge in [-0.1, -0.05) is 39.8 Å². The van der Waals surface area contributed by atoms with Gasteiger partial charge >= 0.3 is 0 Å². The molecule has 0 aliphatic heterocycles. The first-order valence-electron chi connectivity index (χ1n) is 6.87. The second-order valence-corrected chi connectivity index (χ2v) is 6.54. The summed E-state index contributed by atoms with van der Waals surface area (Å²) in [6.45, 7) is 9.04. The quantitative estimate of drug-likeness (QED) is 0.722. The predicted octanol–water partition coefficient (Wildman–Crippen LogP) is 3.49. The van der Waals surface area contributed by atoms with E-state index in [0.717, 1.165) is 12.3 Å². The lowest BCUT2D eigenvalue weighted by Crippen LogP contribution is -2.34. The smallest absolute Gasteiger partial charge is 0.0579 e. The van der Waals surface area contributed by atoms with Gasteiger partial charge in [0.05, 0.1) is 6.10 Å². The average molecular weight is 222 g/mol. The Kier molecular flexibility index (Phi) is 3.44. The van der Waals surface area contributed by atoms with Gasteiger partial charge in [-0.3, -0.25) is 0 Å². The molecule has 1 saturated carbocycles. The molecule has 2 aliphatic carbocycles. The Labute approximate surface area is 99.9 Å². The highest BCUT2D eigenvalue weighted by Gasteiger charge is 2.48. The monoisotopic (exact) mass is 222 g/mol. The highest BCUT2D eigenvalue weighted by molar-refractivity contribution is 5.15. The van der Waals surface area contributed by atoms with E-state index >= 15 is 0 Å². The molecule has 0 amide bonds. The number of hydrogen-bond donors (Lipinski definition) is 1. The Morgan fingerprint density at radius 3 is 2.12 bits per heavy atom. The van der Waals surface area contributed by atoms with Crippen LogP contribution in [0, 0.1) is 35.5 Å². The van der Waals surface area contributed by atoms with E-state index in [2.05, 4.69) is 39.8 Å². The van der Waals surface area contributed by atoms with Gasteiger partial charge in [-0.15, -0.1) is 0 Å². The van der Waals surface area contributed by atoms with Gasteiger partial charge in [-0.2, -0.15) is 0 Å². The molecule has 2 rings (SSSR count). The lowest BCUT2D eigenvalue weighted by atomic mass is 9.72. The normalized spacial score (nSPS) is 38.9. The first kappa shape index (κ1) is 12.2. The van der Waals surface area contributed by atoms with E-state index in [1.54, 1.807) is 0 Å². The second-order valence-electron chi connectivity index (χ2n) is 6.54. The highest BCUT2D eigenvalue weighted by Crippen LogP contribution is 2.52. The van der Waals surface area contributed by atoms with Gasteiger partial charge in [0.2, 0.25) is 0 Å². The molecule has 16 heavy (non-hydrogen) atoms. The Bertz CT molecular complexity index is 267. The van der Waals surface area contributed by atoms with Gasteiger partial charge in [0.1, 0.15) is 0 Å². The molecule has 5 atom stereocenters. The number of rotatable bonds is 4. The molecule has 1 fully saturated rings. The highest BCUT2D eigenvalue weighted by atomic mass is 16.3. The minimum absolute atomic E-state index is 0.0904. The molecule has 0 aromatic carbocycles. The van der Waals surface area contributed by atoms with Crippen molar-refractivity contribution in [1.29, 1.82) is 0 Å². The van der Waals surface area contributed by atoms with E-state index < -0.39 is 0 Å². The van der Waals surface area contributed by atoms with Crippen molar-refractivity contribution in [3.8, 4) is 0 Å². The summed E-state index contributed by atoms with van der Waals surface area (Å²) in [5, 5.41) is 10.4. The molecule has 0 spiro atoms. The van der Waals surface area contributed by atoms with Crippen molar-refractivity contribution in [2.75, 3.05) is 0 Å². The van der Waals surface area contributed by atoms with Crippen LogP contribution in [0.4, 0.5) is 0 Å². The topological polar surface area (TPSA) is 20.2 Å². The fourth-order valence-electron chi connectivity index (χ4n) is 4.02. The minimum atomic E-state index is -0.0904. The van der Waals surface area contributed by atoms with Gasteiger partial charge in [0.25, 0.3) is 0 Å². The summed E-state index contributed by atoms with van der Waals surface area (Å²) in [7, 11) is 0. The zero-order valence-corrected chi connectivity index (χ0v) is 11.1. The third-order valence-electron chi connectivity index (χ3n) is 4.51. The molecule has 1 unspecified atom stereocenters. The molecule has 1 nitrogen and oxygen atoms in total. The summed E-state index contributed by atoms with van der Waals surface area (Å²) >= 11 is 0. The van der Waals surface area contributed by atoms with E-state index in [-0.39, 0.29) is 6.10 Å². The molecule has 92 valence electrons. The third-order valence-corrected chi connectivity index (χ3v) is 4.51. The van der Waals surface area contributed by atoms with Gasteiger partial charge in [0.15, 0.2) is 0 Å². The Balaban J connectivity index is 2.10. The average Bonchev–Trinajstić information content (AvgIpc) is 2.74. The summed E-state index contributed by atoms with van der Waals surface area (Å²) in [6.07, 6.45) is 6.92. The molecular formula is C15H26O. The molecule has 0 saturated heterocycles. The van der Waals surface area contributed by atoms with Crippen molar-refractivity contribution >= 4 is 0 Å². The summed E-state index contributed by atoms with van der Waals surface area (Å²) in [5.74, 6) is 3.95. The van der Waals surface area contributed by atoms with Crippen LogP contribution in [0.5, 0.6) is 0 Å². The van der Waals surface area contributed by atoms with Gasteiger partial charge in [0, 0.05) is 0 Å². The Morgan fingerprint density at radius 2 is 1.62 bits per heavy atom. The summed E-state index contributed by atoms with van der Waals surface area (Å²) in [5.41, 5.74) is 0. The first-order chi connectivity index (χ1) is 7.50. The first-order valence-corrected chi connectivity index (χ1v) is 6.87. The zero-order chi connectivity index (χ0) is 11.9. The fourth-order valence-corrected chi connectivity index (χ4v) is 4.02. The number of aliphatic hydroxyl groups is 1. The molecule has 0 aromatic rings. The van der Waals surface area contributed by atoms with Crippen LogP contribution in [0.1, 0.15) is 40.5 Å². The predicted molar refractivity (Wildman–Crippen MR) is 68.0 cm³/mol. The zero-order valence-electron chi connectivity index (χ0n) is 11.1. The van der Waals surface area contributed by atoms with Gasteiger partial charge in [-0.25, -0.2) is 0 Å². The van der Waals surface area contributed by atoms with Crippen LogP contribution in [-0.4, -0.2) is 11.2 Å². The molecule has 1 N–H and O–H groups in total. The van der Waals surface area contributed by atoms with E-state index in [1.165, 1.54) is 6.42 Å². The fraction of sp³-hybridized carbons (Fsp3) is 0.867. The van der Waals surface area contributed by atoms with E-state index in [0.29, 0.717) is 29.6 Å². The van der Waals surface area contributed by atoms with Crippen molar-refractivity contribution < 1.29 is 5.11 Å². The van der Waals surface area contributed by atoms with Crippen LogP contribution in [0.25, 0.3) is 0 Å². The van der Waals surface area contributed by atoms with Crippen LogP contribution in [0.15, 0.2) is 12.2 Å². The van der Waals surface area contributed by atoms with Crippen LogP contribution in [0.3, 0.4) is 0 Å². The van der Waals surface area contributed by atoms with Crippen molar-refractivity contribution in [1.82, 2.24) is 0 Å². The van der Waals surface area contributed by atoms with Gasteiger partial charge < -0.3 is 5.11 Å². The molecule has 0 heterocycles. The maximum Gasteiger partial charge on any atom is 0.0579 e. The molecular weight excluding hydrogens is 196 g/mol. The number of hydrogen-bond acceptors (Lipinski definition) is 1. The summed E-state index contributed by atoms with van der Waals surface area (Å²) in [6, 6.07) is 0. The standard InChI is InChI=1S/C15H26O/c1-9(2)7-13(16)15-12-6-5-11(8-12)14(15)10(3)4/h5-6,9-16H,7-8H2,1-4H3/t11-,12+,13-,14+,15?/m1/s1. The Hall–Kier alpha value is -0.300. The lowest BCUT2D eigenvalue weighted by Gasteiger charge is -2.35. The van der Waals surface area contributed by atoms with Crippen LogP contribution in [0.2, 0.25) is 0 Å². The minimum Gasteiger partial charge on any atom is -0.393 e. The molecule has 1 heteroatoms. The second kappa shape index (κ2) is 4.52. The van der Waals surface area contributed by atoms with E-state index in [9.17, 15) is 5.11 Å². The maximum atomic E-state index is 10.4. The van der Waals surface area contributed by atoms with Crippen molar-refractivity contribution in [3.63, 3.8) is 0 Å². The van der Waals surface area contributed by atoms with Crippen LogP contribution in [-0.2, 0) is 0 Å². The van der Waals surface area contributed by atoms with E-state index in [1.807, 2.05) is 0 Å². The van der Waals surface area contributed by atoms with E-state index in [4.69, 9.17) is 0 Å². The molecule has 2 aliphatic rings. The van der Waals surface area contributed by atoms with Crippen molar-refractivity contribution in [3.05, 3.63) is 12.2 Å². The largest absolute Gasteiger partial charge is 0.393 e. The van der Waals surface area contributed by atoms with Crippen LogP contribution < -0.4 is 0 Å². The van der Waals surface area contributed by atoms with Gasteiger partial charge in [-0.05, 0) is 48.3 Å². The number of fused-ring (bicyclic) bond motifs is 2. The van der Waals surface area contributed by atoms with Crippen molar-refractivity contribution in [2.45, 2.75) is 46.6 Å². The summed E-state index contributed by atoms with van der Waals surface area (Å²) < 4.78 is 0. The molecule has 0 radical (unpaired) electrons. The van der Waals surface area contributed by atoms with Crippen LogP contribution >= 0.6 is 0 Å². The lowest BCUT2D eigenvalue weighted by molar-refractivity contribution is 0.0340. The number of aliphatic hydroxyl groups excluding tert-OH is 1. The maximum absolute atomic E-state index is 10.4. The molecule has 2 bridgehead atoms. The SMILES string of the molecule is CC(C)C[C@@H](O)C1[C@@H](C(C)C)[C@@H]2C=C[C@H]1C2. The molecule has 0 aromatic heterocycles. The van der Waals surface area contributed by atoms with Crippen molar-refractivity contribution in [2.24, 2.45) is 35.5 Å². The Morgan fingerprint density at radius 1 is 1.06 bits per heavy atom. The third kappa shape index (κ3) is 2.07. The number of allylic oxidation sites excluding steroid dienone is 2.